The van der Waals surface area contributed by atoms with Gasteiger partial charge in [-0.25, -0.2) is 4.79 Å². The highest BCUT2D eigenvalue weighted by atomic mass is 16.5. The topological polar surface area (TPSA) is 89.2 Å². The summed E-state index contributed by atoms with van der Waals surface area (Å²) < 4.78 is 10.8. The number of hydrogen-bond acceptors (Lipinski definition) is 5. The largest absolute Gasteiger partial charge is 0.440 e. The average Bonchev–Trinajstić information content (AvgIpc) is 3.07. The normalized spacial score (nSPS) is 31.8. The number of nitrogens with zero attached hydrogens (tertiary/aromatic N) is 1. The molecule has 1 aromatic rings. The van der Waals surface area contributed by atoms with E-state index in [2.05, 4.69) is 18.2 Å². The Morgan fingerprint density at radius 1 is 1.50 bits per heavy atom. The Morgan fingerprint density at radius 2 is 2.32 bits per heavy atom. The van der Waals surface area contributed by atoms with Gasteiger partial charge in [-0.05, 0) is 32.1 Å². The highest BCUT2D eigenvalue weighted by molar-refractivity contribution is 5.52. The summed E-state index contributed by atoms with van der Waals surface area (Å²) in [5, 5.41) is 9.56. The van der Waals surface area contributed by atoms with Gasteiger partial charge in [0.15, 0.2) is 0 Å². The molecule has 1 aromatic heterocycles. The van der Waals surface area contributed by atoms with Crippen LogP contribution >= 0.6 is 0 Å². The third-order valence-corrected chi connectivity index (χ3v) is 5.15. The molecule has 5 nitrogen and oxygen atoms in total. The second kappa shape index (κ2) is 4.26. The molecule has 0 amide bonds. The minimum atomic E-state index is -0.432. The Hall–Kier alpha value is -2.48. The molecule has 1 aliphatic heterocycles. The molecule has 1 fully saturated rings. The summed E-state index contributed by atoms with van der Waals surface area (Å²) in [4.78, 5) is 12.4. The first-order valence-electron chi connectivity index (χ1n) is 7.46. The number of fused-ring (bicyclic) bond motifs is 3. The van der Waals surface area contributed by atoms with Crippen molar-refractivity contribution in [3.8, 4) is 11.8 Å². The number of nitrogens with two attached hydrogens (primary N) is 1. The van der Waals surface area contributed by atoms with Crippen LogP contribution in [0, 0.1) is 29.6 Å². The minimum Gasteiger partial charge on any atom is -0.440 e. The number of aryl methyl sites for hydroxylation is 1. The summed E-state index contributed by atoms with van der Waals surface area (Å²) in [6, 6.07) is 3.83. The third-order valence-electron chi connectivity index (χ3n) is 5.15. The van der Waals surface area contributed by atoms with E-state index in [1.54, 1.807) is 13.0 Å². The second-order valence-corrected chi connectivity index (χ2v) is 6.44. The lowest BCUT2D eigenvalue weighted by molar-refractivity contribution is 0.292. The maximum absolute atomic E-state index is 12.4. The molecule has 0 radical (unpaired) electrons. The van der Waals surface area contributed by atoms with Crippen molar-refractivity contribution < 1.29 is 9.15 Å². The molecule has 3 atom stereocenters. The second-order valence-electron chi connectivity index (χ2n) is 6.44. The molecule has 3 aliphatic rings. The molecule has 2 bridgehead atoms. The molecule has 112 valence electrons. The van der Waals surface area contributed by atoms with Crippen molar-refractivity contribution in [2.24, 2.45) is 17.1 Å². The molecule has 0 spiro atoms. The van der Waals surface area contributed by atoms with Gasteiger partial charge in [-0.15, -0.1) is 0 Å². The highest BCUT2D eigenvalue weighted by Gasteiger charge is 2.52. The fraction of sp³-hybridized carbons (Fsp3) is 0.412. The van der Waals surface area contributed by atoms with Crippen LogP contribution in [0.2, 0.25) is 0 Å². The van der Waals surface area contributed by atoms with Crippen molar-refractivity contribution in [2.45, 2.75) is 32.1 Å². The lowest BCUT2D eigenvalue weighted by atomic mass is 9.68. The van der Waals surface area contributed by atoms with E-state index in [4.69, 9.17) is 14.9 Å². The number of nitriles is 1. The predicted octanol–water partition coefficient (Wildman–Crippen LogP) is 2.47. The number of rotatable bonds is 1. The van der Waals surface area contributed by atoms with Crippen molar-refractivity contribution in [2.75, 3.05) is 0 Å². The summed E-state index contributed by atoms with van der Waals surface area (Å²) in [6.07, 6.45) is 7.33. The zero-order chi connectivity index (χ0) is 15.5. The first-order chi connectivity index (χ1) is 10.5. The van der Waals surface area contributed by atoms with Gasteiger partial charge in [0.2, 0.25) is 5.88 Å². The molecular weight excluding hydrogens is 280 g/mol. The summed E-state index contributed by atoms with van der Waals surface area (Å²) >= 11 is 0. The van der Waals surface area contributed by atoms with E-state index in [9.17, 15) is 10.1 Å². The number of allylic oxidation sites excluding steroid dienone is 3. The molecule has 1 saturated carbocycles. The zero-order valence-corrected chi connectivity index (χ0v) is 12.3. The summed E-state index contributed by atoms with van der Waals surface area (Å²) in [5.74, 6) is 1.16. The van der Waals surface area contributed by atoms with Crippen LogP contribution in [0.15, 0.2) is 38.9 Å². The van der Waals surface area contributed by atoms with Gasteiger partial charge in [0.05, 0.1) is 11.1 Å². The van der Waals surface area contributed by atoms with Crippen molar-refractivity contribution in [1.82, 2.24) is 0 Å². The van der Waals surface area contributed by atoms with Crippen molar-refractivity contribution in [3.63, 3.8) is 0 Å². The van der Waals surface area contributed by atoms with Crippen LogP contribution in [0.3, 0.4) is 0 Å². The van der Waals surface area contributed by atoms with Gasteiger partial charge in [-0.1, -0.05) is 12.2 Å². The average molecular weight is 296 g/mol. The van der Waals surface area contributed by atoms with Crippen LogP contribution < -0.4 is 16.1 Å². The maximum atomic E-state index is 12.4. The first kappa shape index (κ1) is 13.2. The van der Waals surface area contributed by atoms with Crippen LogP contribution in [0.25, 0.3) is 0 Å². The van der Waals surface area contributed by atoms with E-state index >= 15 is 0 Å². The highest BCUT2D eigenvalue weighted by Crippen LogP contribution is 2.60. The van der Waals surface area contributed by atoms with E-state index < -0.39 is 5.63 Å². The standard InChI is InChI=1S/C17H16N2O3/c1-9-6-12-13(16(20)21-9)14(11(8-18)15(19)22-12)17-4-2-10(7-17)3-5-17/h2,4,6,10,14H,3,5,7,19H2,1H3/t10-,14+,17+/m0/s1. The van der Waals surface area contributed by atoms with Gasteiger partial charge in [-0.2, -0.15) is 5.26 Å². The molecular formula is C17H16N2O3. The van der Waals surface area contributed by atoms with Gasteiger partial charge < -0.3 is 14.9 Å². The lowest BCUT2D eigenvalue weighted by Gasteiger charge is -2.36. The Morgan fingerprint density at radius 3 is 2.91 bits per heavy atom. The summed E-state index contributed by atoms with van der Waals surface area (Å²) in [5.41, 5.74) is 6.09. The SMILES string of the molecule is Cc1cc2c(c(=O)o1)[C@H]([C@]13C=C[C@@H](CC1)C3)C(C#N)=C(N)O2. The van der Waals surface area contributed by atoms with E-state index in [1.165, 1.54) is 0 Å². The number of hydrogen-bond donors (Lipinski definition) is 1. The van der Waals surface area contributed by atoms with Crippen LogP contribution in [0.4, 0.5) is 0 Å². The molecule has 2 N–H and O–H groups in total. The van der Waals surface area contributed by atoms with E-state index in [0.29, 0.717) is 28.6 Å². The van der Waals surface area contributed by atoms with E-state index in [1.807, 2.05) is 0 Å². The van der Waals surface area contributed by atoms with Gasteiger partial charge in [-0.3, -0.25) is 0 Å². The third kappa shape index (κ3) is 1.61. The molecule has 2 heterocycles. The Kier molecular flexibility index (Phi) is 2.56. The lowest BCUT2D eigenvalue weighted by Crippen LogP contribution is -2.34. The minimum absolute atomic E-state index is 0.100. The Labute approximate surface area is 127 Å². The van der Waals surface area contributed by atoms with Crippen molar-refractivity contribution >= 4 is 0 Å². The number of ether oxygens (including phenoxy) is 1. The molecule has 22 heavy (non-hydrogen) atoms. The monoisotopic (exact) mass is 296 g/mol. The van der Waals surface area contributed by atoms with Gasteiger partial charge in [0.1, 0.15) is 17.6 Å². The van der Waals surface area contributed by atoms with E-state index in [0.717, 1.165) is 19.3 Å². The fourth-order valence-electron chi connectivity index (χ4n) is 4.24. The molecule has 5 heteroatoms. The predicted molar refractivity (Wildman–Crippen MR) is 78.8 cm³/mol. The summed E-state index contributed by atoms with van der Waals surface area (Å²) in [7, 11) is 0. The molecule has 0 aromatic carbocycles. The molecule has 0 unspecified atom stereocenters. The van der Waals surface area contributed by atoms with Gasteiger partial charge >= 0.3 is 5.63 Å². The Bertz CT molecular complexity index is 827. The van der Waals surface area contributed by atoms with Gasteiger partial charge in [0, 0.05) is 17.4 Å². The van der Waals surface area contributed by atoms with Crippen molar-refractivity contribution in [3.05, 3.63) is 51.4 Å². The molecule has 0 saturated heterocycles. The molecule has 4 rings (SSSR count). The Balaban J connectivity index is 1.98. The summed E-state index contributed by atoms with van der Waals surface area (Å²) in [6.45, 7) is 1.69. The smallest absolute Gasteiger partial charge is 0.343 e. The quantitative estimate of drug-likeness (QED) is 0.804. The zero-order valence-electron chi connectivity index (χ0n) is 12.3. The van der Waals surface area contributed by atoms with E-state index in [-0.39, 0.29) is 17.2 Å². The van der Waals surface area contributed by atoms with Crippen LogP contribution in [0.5, 0.6) is 5.75 Å². The molecule has 2 aliphatic carbocycles. The van der Waals surface area contributed by atoms with Gasteiger partial charge in [0.25, 0.3) is 0 Å². The maximum Gasteiger partial charge on any atom is 0.343 e. The van der Waals surface area contributed by atoms with Crippen molar-refractivity contribution in [1.29, 1.82) is 5.26 Å². The van der Waals surface area contributed by atoms with Crippen LogP contribution in [-0.4, -0.2) is 0 Å². The van der Waals surface area contributed by atoms with Crippen LogP contribution in [-0.2, 0) is 0 Å². The fourth-order valence-corrected chi connectivity index (χ4v) is 4.24. The van der Waals surface area contributed by atoms with Crippen LogP contribution in [0.1, 0.15) is 36.5 Å². The first-order valence-corrected chi connectivity index (χ1v) is 7.46.